The minimum atomic E-state index is -0.807. The quantitative estimate of drug-likeness (QED) is 0.759. The molecule has 2 fully saturated rings. The molecule has 3 N–H and O–H groups in total. The summed E-state index contributed by atoms with van der Waals surface area (Å²) < 4.78 is 0. The Morgan fingerprint density at radius 1 is 1.39 bits per heavy atom. The molecule has 1 heterocycles. The molecule has 0 aromatic heterocycles. The van der Waals surface area contributed by atoms with Crippen molar-refractivity contribution in [1.82, 2.24) is 4.90 Å². The summed E-state index contributed by atoms with van der Waals surface area (Å²) >= 11 is 0. The van der Waals surface area contributed by atoms with E-state index in [1.165, 1.54) is 0 Å². The topological polar surface area (TPSA) is 83.6 Å². The Hall–Kier alpha value is -1.10. The minimum absolute atomic E-state index is 0.0210. The van der Waals surface area contributed by atoms with Gasteiger partial charge in [0.1, 0.15) is 0 Å². The molecule has 0 bridgehead atoms. The van der Waals surface area contributed by atoms with Gasteiger partial charge < -0.3 is 15.7 Å². The summed E-state index contributed by atoms with van der Waals surface area (Å²) in [6.07, 6.45) is 2.68. The van der Waals surface area contributed by atoms with Crippen LogP contribution in [0.2, 0.25) is 0 Å². The molecule has 5 heteroatoms. The van der Waals surface area contributed by atoms with Crippen molar-refractivity contribution in [2.24, 2.45) is 23.0 Å². The van der Waals surface area contributed by atoms with Gasteiger partial charge in [-0.05, 0) is 25.7 Å². The predicted octanol–water partition coefficient (Wildman–Crippen LogP) is 0.683. The zero-order valence-electron chi connectivity index (χ0n) is 11.1. The highest BCUT2D eigenvalue weighted by Gasteiger charge is 2.48. The molecule has 5 nitrogen and oxygen atoms in total. The second kappa shape index (κ2) is 4.53. The summed E-state index contributed by atoms with van der Waals surface area (Å²) in [5.41, 5.74) is 5.55. The molecule has 18 heavy (non-hydrogen) atoms. The molecule has 4 atom stereocenters. The van der Waals surface area contributed by atoms with Crippen LogP contribution in [0.4, 0.5) is 0 Å². The van der Waals surface area contributed by atoms with Crippen LogP contribution >= 0.6 is 0 Å². The van der Waals surface area contributed by atoms with Gasteiger partial charge in [-0.25, -0.2) is 0 Å². The highest BCUT2D eigenvalue weighted by molar-refractivity contribution is 5.85. The van der Waals surface area contributed by atoms with Gasteiger partial charge in [0.15, 0.2) is 0 Å². The van der Waals surface area contributed by atoms with E-state index < -0.39 is 17.3 Å². The predicted molar refractivity (Wildman–Crippen MR) is 66.8 cm³/mol. The maximum atomic E-state index is 12.5. The Balaban J connectivity index is 2.10. The molecule has 2 aliphatic rings. The van der Waals surface area contributed by atoms with Crippen LogP contribution in [-0.4, -0.2) is 41.0 Å². The standard InChI is InChI=1S/C13H22N2O3/c1-8-6-15(7-9(8)11(16)17)12(18)13(2)5-3-4-10(13)14/h8-10H,3-7,14H2,1-2H3,(H,16,17). The third-order valence-corrected chi connectivity index (χ3v) is 4.73. The Kier molecular flexibility index (Phi) is 3.36. The Labute approximate surface area is 107 Å². The van der Waals surface area contributed by atoms with E-state index >= 15 is 0 Å². The van der Waals surface area contributed by atoms with E-state index in [0.717, 1.165) is 19.3 Å². The third kappa shape index (κ3) is 2.00. The van der Waals surface area contributed by atoms with Crippen molar-refractivity contribution < 1.29 is 14.7 Å². The number of amides is 1. The number of hydrogen-bond acceptors (Lipinski definition) is 3. The van der Waals surface area contributed by atoms with Crippen LogP contribution in [0.1, 0.15) is 33.1 Å². The van der Waals surface area contributed by atoms with Crippen LogP contribution in [0.15, 0.2) is 0 Å². The van der Waals surface area contributed by atoms with Crippen molar-refractivity contribution in [3.05, 3.63) is 0 Å². The lowest BCUT2D eigenvalue weighted by atomic mass is 9.83. The van der Waals surface area contributed by atoms with Crippen LogP contribution in [-0.2, 0) is 9.59 Å². The normalized spacial score (nSPS) is 40.2. The first-order chi connectivity index (χ1) is 8.36. The number of nitrogens with zero attached hydrogens (tertiary/aromatic N) is 1. The third-order valence-electron chi connectivity index (χ3n) is 4.73. The fourth-order valence-electron chi connectivity index (χ4n) is 3.27. The molecule has 0 radical (unpaired) electrons. The summed E-state index contributed by atoms with van der Waals surface area (Å²) in [5, 5.41) is 9.10. The molecule has 1 amide bonds. The van der Waals surface area contributed by atoms with Crippen LogP contribution in [0.3, 0.4) is 0 Å². The maximum absolute atomic E-state index is 12.5. The van der Waals surface area contributed by atoms with Crippen molar-refractivity contribution in [2.45, 2.75) is 39.2 Å². The Bertz CT molecular complexity index is 371. The van der Waals surface area contributed by atoms with Crippen molar-refractivity contribution in [3.8, 4) is 0 Å². The number of rotatable bonds is 2. The van der Waals surface area contributed by atoms with Crippen LogP contribution < -0.4 is 5.73 Å². The van der Waals surface area contributed by atoms with Gasteiger partial charge in [0.2, 0.25) is 5.91 Å². The van der Waals surface area contributed by atoms with Gasteiger partial charge in [0.25, 0.3) is 0 Å². The lowest BCUT2D eigenvalue weighted by Crippen LogP contribution is -2.48. The first kappa shape index (κ1) is 13.3. The molecule has 1 aliphatic heterocycles. The molecular weight excluding hydrogens is 232 g/mol. The number of likely N-dealkylation sites (tertiary alicyclic amines) is 1. The highest BCUT2D eigenvalue weighted by Crippen LogP contribution is 2.40. The summed E-state index contributed by atoms with van der Waals surface area (Å²) in [4.78, 5) is 25.3. The van der Waals surface area contributed by atoms with Gasteiger partial charge >= 0.3 is 5.97 Å². The van der Waals surface area contributed by atoms with E-state index in [1.807, 2.05) is 13.8 Å². The molecule has 1 aliphatic carbocycles. The monoisotopic (exact) mass is 254 g/mol. The molecule has 0 aromatic rings. The molecule has 2 rings (SSSR count). The lowest BCUT2D eigenvalue weighted by molar-refractivity contribution is -0.143. The SMILES string of the molecule is CC1CN(C(=O)C2(C)CCCC2N)CC1C(=O)O. The number of nitrogens with two attached hydrogens (primary N) is 1. The summed E-state index contributed by atoms with van der Waals surface area (Å²) in [6.45, 7) is 4.69. The first-order valence-corrected chi connectivity index (χ1v) is 6.64. The van der Waals surface area contributed by atoms with Gasteiger partial charge in [-0.15, -0.1) is 0 Å². The molecule has 102 valence electrons. The zero-order valence-corrected chi connectivity index (χ0v) is 11.1. The first-order valence-electron chi connectivity index (χ1n) is 6.64. The minimum Gasteiger partial charge on any atom is -0.481 e. The molecule has 1 saturated carbocycles. The van der Waals surface area contributed by atoms with Crippen LogP contribution in [0.25, 0.3) is 0 Å². The van der Waals surface area contributed by atoms with Gasteiger partial charge in [-0.3, -0.25) is 9.59 Å². The van der Waals surface area contributed by atoms with E-state index in [1.54, 1.807) is 4.90 Å². The van der Waals surface area contributed by atoms with E-state index in [9.17, 15) is 9.59 Å². The van der Waals surface area contributed by atoms with E-state index in [4.69, 9.17) is 10.8 Å². The van der Waals surface area contributed by atoms with Crippen molar-refractivity contribution >= 4 is 11.9 Å². The number of hydrogen-bond donors (Lipinski definition) is 2. The highest BCUT2D eigenvalue weighted by atomic mass is 16.4. The maximum Gasteiger partial charge on any atom is 0.308 e. The molecule has 1 saturated heterocycles. The van der Waals surface area contributed by atoms with Crippen LogP contribution in [0.5, 0.6) is 0 Å². The number of carbonyl (C=O) groups is 2. The summed E-state index contributed by atoms with van der Waals surface area (Å²) in [6, 6.07) is -0.0933. The summed E-state index contributed by atoms with van der Waals surface area (Å²) in [7, 11) is 0. The Morgan fingerprint density at radius 2 is 2.06 bits per heavy atom. The number of carbonyl (C=O) groups excluding carboxylic acids is 1. The molecule has 0 spiro atoms. The fraction of sp³-hybridized carbons (Fsp3) is 0.846. The number of carboxylic acids is 1. The van der Waals surface area contributed by atoms with Gasteiger partial charge in [0, 0.05) is 19.1 Å². The van der Waals surface area contributed by atoms with E-state index in [-0.39, 0.29) is 17.9 Å². The zero-order chi connectivity index (χ0) is 13.5. The van der Waals surface area contributed by atoms with E-state index in [0.29, 0.717) is 13.1 Å². The van der Waals surface area contributed by atoms with Gasteiger partial charge in [0.05, 0.1) is 11.3 Å². The van der Waals surface area contributed by atoms with Crippen molar-refractivity contribution in [3.63, 3.8) is 0 Å². The molecular formula is C13H22N2O3. The number of aliphatic carboxylic acids is 1. The molecule has 0 aromatic carbocycles. The van der Waals surface area contributed by atoms with Gasteiger partial charge in [-0.2, -0.15) is 0 Å². The average molecular weight is 254 g/mol. The van der Waals surface area contributed by atoms with Crippen molar-refractivity contribution in [1.29, 1.82) is 0 Å². The summed E-state index contributed by atoms with van der Waals surface area (Å²) in [5.74, 6) is -1.18. The number of carboxylic acid groups (broad SMARTS) is 1. The molecule has 4 unspecified atom stereocenters. The average Bonchev–Trinajstić information content (AvgIpc) is 2.83. The second-order valence-corrected chi connectivity index (χ2v) is 6.05. The van der Waals surface area contributed by atoms with Crippen molar-refractivity contribution in [2.75, 3.05) is 13.1 Å². The lowest BCUT2D eigenvalue weighted by Gasteiger charge is -2.32. The Morgan fingerprint density at radius 3 is 2.50 bits per heavy atom. The largest absolute Gasteiger partial charge is 0.481 e. The van der Waals surface area contributed by atoms with Gasteiger partial charge in [-0.1, -0.05) is 13.3 Å². The fourth-order valence-corrected chi connectivity index (χ4v) is 3.27. The second-order valence-electron chi connectivity index (χ2n) is 6.05. The van der Waals surface area contributed by atoms with Crippen LogP contribution in [0, 0.1) is 17.3 Å². The smallest absolute Gasteiger partial charge is 0.308 e. The van der Waals surface area contributed by atoms with E-state index in [2.05, 4.69) is 0 Å².